The molecular formula is C21H27N5O2. The Balaban J connectivity index is 1.50. The Bertz CT molecular complexity index is 974. The van der Waals surface area contributed by atoms with Gasteiger partial charge in [0.2, 0.25) is 0 Å². The van der Waals surface area contributed by atoms with E-state index in [1.807, 2.05) is 48.5 Å². The summed E-state index contributed by atoms with van der Waals surface area (Å²) in [6.45, 7) is 8.12. The van der Waals surface area contributed by atoms with Crippen LogP contribution in [0.15, 0.2) is 36.7 Å². The first-order valence-corrected chi connectivity index (χ1v) is 9.86. The first-order valence-electron chi connectivity index (χ1n) is 9.86. The second-order valence-electron chi connectivity index (χ2n) is 7.99. The summed E-state index contributed by atoms with van der Waals surface area (Å²) in [5.41, 5.74) is 3.16. The van der Waals surface area contributed by atoms with Crippen molar-refractivity contribution in [2.24, 2.45) is 0 Å². The van der Waals surface area contributed by atoms with Gasteiger partial charge in [0.05, 0.1) is 35.2 Å². The molecule has 0 saturated carbocycles. The van der Waals surface area contributed by atoms with Gasteiger partial charge in [0.1, 0.15) is 5.69 Å². The van der Waals surface area contributed by atoms with Gasteiger partial charge in [-0.3, -0.25) is 9.89 Å². The highest BCUT2D eigenvalue weighted by molar-refractivity contribution is 5.92. The van der Waals surface area contributed by atoms with Gasteiger partial charge in [0, 0.05) is 19.2 Å². The number of amides is 1. The van der Waals surface area contributed by atoms with Gasteiger partial charge < -0.3 is 14.2 Å². The molecule has 1 aliphatic rings. The number of hydrogen-bond donors (Lipinski definition) is 1. The SMILES string of the molecule is CCN(C(=O)c1cc(Cn2cnc3ccccc32)[nH]n1)[C@@H]1CCOC(C)(C)C1. The Hall–Kier alpha value is -2.67. The minimum atomic E-state index is -0.199. The number of rotatable bonds is 5. The van der Waals surface area contributed by atoms with Crippen LogP contribution in [-0.2, 0) is 11.3 Å². The molecule has 1 saturated heterocycles. The number of ether oxygens (including phenoxy) is 1. The lowest BCUT2D eigenvalue weighted by molar-refractivity contribution is -0.0777. The van der Waals surface area contributed by atoms with Crippen molar-refractivity contribution in [3.05, 3.63) is 48.0 Å². The predicted molar refractivity (Wildman–Crippen MR) is 107 cm³/mol. The lowest BCUT2D eigenvalue weighted by Crippen LogP contribution is -2.48. The fourth-order valence-corrected chi connectivity index (χ4v) is 4.05. The van der Waals surface area contributed by atoms with Crippen LogP contribution in [0.1, 0.15) is 49.8 Å². The highest BCUT2D eigenvalue weighted by atomic mass is 16.5. The van der Waals surface area contributed by atoms with Crippen LogP contribution in [0.2, 0.25) is 0 Å². The summed E-state index contributed by atoms with van der Waals surface area (Å²) in [5.74, 6) is -0.0248. The zero-order chi connectivity index (χ0) is 19.7. The molecule has 0 spiro atoms. The fraction of sp³-hybridized carbons (Fsp3) is 0.476. The Morgan fingerprint density at radius 3 is 3.00 bits per heavy atom. The van der Waals surface area contributed by atoms with E-state index in [4.69, 9.17) is 4.74 Å². The maximum atomic E-state index is 13.1. The average Bonchev–Trinajstić information content (AvgIpc) is 3.30. The van der Waals surface area contributed by atoms with Crippen LogP contribution in [0.4, 0.5) is 0 Å². The lowest BCUT2D eigenvalue weighted by Gasteiger charge is -2.40. The van der Waals surface area contributed by atoms with Crippen LogP contribution in [0, 0.1) is 0 Å². The molecule has 4 rings (SSSR count). The molecular weight excluding hydrogens is 354 g/mol. The largest absolute Gasteiger partial charge is 0.375 e. The van der Waals surface area contributed by atoms with Crippen LogP contribution < -0.4 is 0 Å². The molecule has 1 amide bonds. The van der Waals surface area contributed by atoms with Crippen LogP contribution >= 0.6 is 0 Å². The lowest BCUT2D eigenvalue weighted by atomic mass is 9.92. The van der Waals surface area contributed by atoms with Crippen molar-refractivity contribution in [3.63, 3.8) is 0 Å². The van der Waals surface area contributed by atoms with Crippen LogP contribution in [0.25, 0.3) is 11.0 Å². The van der Waals surface area contributed by atoms with Crippen LogP contribution in [0.3, 0.4) is 0 Å². The topological polar surface area (TPSA) is 76.0 Å². The second-order valence-corrected chi connectivity index (χ2v) is 7.99. The third-order valence-electron chi connectivity index (χ3n) is 5.43. The monoisotopic (exact) mass is 381 g/mol. The zero-order valence-electron chi connectivity index (χ0n) is 16.7. The summed E-state index contributed by atoms with van der Waals surface area (Å²) in [6.07, 6.45) is 3.52. The molecule has 3 heterocycles. The summed E-state index contributed by atoms with van der Waals surface area (Å²) >= 11 is 0. The molecule has 1 atom stereocenters. The molecule has 1 aromatic carbocycles. The quantitative estimate of drug-likeness (QED) is 0.736. The van der Waals surface area contributed by atoms with Gasteiger partial charge >= 0.3 is 0 Å². The van der Waals surface area contributed by atoms with Gasteiger partial charge in [-0.05, 0) is 51.8 Å². The van der Waals surface area contributed by atoms with Gasteiger partial charge in [-0.25, -0.2) is 4.98 Å². The van der Waals surface area contributed by atoms with E-state index in [2.05, 4.69) is 33.6 Å². The Kier molecular flexibility index (Phi) is 4.93. The van der Waals surface area contributed by atoms with E-state index in [1.54, 1.807) is 0 Å². The van der Waals surface area contributed by atoms with Crippen LogP contribution in [-0.4, -0.2) is 55.4 Å². The third kappa shape index (κ3) is 3.67. The first kappa shape index (κ1) is 18.7. The number of fused-ring (bicyclic) bond motifs is 1. The van der Waals surface area contributed by atoms with Crippen molar-refractivity contribution >= 4 is 16.9 Å². The van der Waals surface area contributed by atoms with Gasteiger partial charge in [-0.15, -0.1) is 0 Å². The van der Waals surface area contributed by atoms with Crippen molar-refractivity contribution in [1.29, 1.82) is 0 Å². The molecule has 7 nitrogen and oxygen atoms in total. The molecule has 0 radical (unpaired) electrons. The van der Waals surface area contributed by atoms with Crippen molar-refractivity contribution in [2.45, 2.75) is 51.8 Å². The summed E-state index contributed by atoms with van der Waals surface area (Å²) in [4.78, 5) is 19.4. The minimum absolute atomic E-state index is 0.0248. The van der Waals surface area contributed by atoms with Gasteiger partial charge in [0.25, 0.3) is 5.91 Å². The molecule has 1 fully saturated rings. The van der Waals surface area contributed by atoms with E-state index < -0.39 is 0 Å². The normalized spacial score (nSPS) is 19.0. The van der Waals surface area contributed by atoms with Crippen molar-refractivity contribution in [1.82, 2.24) is 24.6 Å². The van der Waals surface area contributed by atoms with Crippen molar-refractivity contribution in [3.8, 4) is 0 Å². The molecule has 0 bridgehead atoms. The average molecular weight is 381 g/mol. The Morgan fingerprint density at radius 2 is 2.21 bits per heavy atom. The number of carbonyl (C=O) groups is 1. The van der Waals surface area contributed by atoms with Gasteiger partial charge in [-0.1, -0.05) is 12.1 Å². The summed E-state index contributed by atoms with van der Waals surface area (Å²) in [6, 6.07) is 10.0. The molecule has 7 heteroatoms. The number of nitrogens with zero attached hydrogens (tertiary/aromatic N) is 4. The van der Waals surface area contributed by atoms with E-state index in [0.29, 0.717) is 25.4 Å². The number of para-hydroxylation sites is 2. The summed E-state index contributed by atoms with van der Waals surface area (Å²) in [7, 11) is 0. The number of aromatic nitrogens is 4. The Labute approximate surface area is 164 Å². The van der Waals surface area contributed by atoms with E-state index >= 15 is 0 Å². The van der Waals surface area contributed by atoms with E-state index in [-0.39, 0.29) is 17.6 Å². The maximum Gasteiger partial charge on any atom is 0.274 e. The molecule has 3 aromatic rings. The second kappa shape index (κ2) is 7.39. The van der Waals surface area contributed by atoms with Crippen LogP contribution in [0.5, 0.6) is 0 Å². The van der Waals surface area contributed by atoms with E-state index in [9.17, 15) is 4.79 Å². The van der Waals surface area contributed by atoms with Crippen molar-refractivity contribution < 1.29 is 9.53 Å². The number of aromatic amines is 1. The number of carbonyl (C=O) groups excluding carboxylic acids is 1. The molecule has 1 N–H and O–H groups in total. The Morgan fingerprint density at radius 1 is 1.39 bits per heavy atom. The first-order chi connectivity index (χ1) is 13.5. The van der Waals surface area contributed by atoms with Gasteiger partial charge in [0.15, 0.2) is 0 Å². The number of benzene rings is 1. The minimum Gasteiger partial charge on any atom is -0.375 e. The highest BCUT2D eigenvalue weighted by Crippen LogP contribution is 2.28. The molecule has 2 aromatic heterocycles. The summed E-state index contributed by atoms with van der Waals surface area (Å²) in [5, 5.41) is 7.31. The highest BCUT2D eigenvalue weighted by Gasteiger charge is 2.34. The molecule has 28 heavy (non-hydrogen) atoms. The number of H-pyrrole nitrogens is 1. The maximum absolute atomic E-state index is 13.1. The van der Waals surface area contributed by atoms with E-state index in [0.717, 1.165) is 29.6 Å². The molecule has 1 aliphatic heterocycles. The molecule has 0 aliphatic carbocycles. The predicted octanol–water partition coefficient (Wildman–Crippen LogP) is 3.23. The fourth-order valence-electron chi connectivity index (χ4n) is 4.05. The zero-order valence-corrected chi connectivity index (χ0v) is 16.7. The summed E-state index contributed by atoms with van der Waals surface area (Å²) < 4.78 is 7.86. The third-order valence-corrected chi connectivity index (χ3v) is 5.43. The van der Waals surface area contributed by atoms with Gasteiger partial charge in [-0.2, -0.15) is 5.10 Å². The standard InChI is InChI=1S/C21H27N5O2/c1-4-26(16-9-10-28-21(2,3)12-16)20(27)18-11-15(23-24-18)13-25-14-22-17-7-5-6-8-19(17)25/h5-8,11,14,16H,4,9-10,12-13H2,1-3H3,(H,23,24)/t16-/m1/s1. The smallest absolute Gasteiger partial charge is 0.274 e. The number of hydrogen-bond acceptors (Lipinski definition) is 4. The number of nitrogens with one attached hydrogen (secondary N) is 1. The molecule has 0 unspecified atom stereocenters. The van der Waals surface area contributed by atoms with Crippen molar-refractivity contribution in [2.75, 3.05) is 13.2 Å². The van der Waals surface area contributed by atoms with E-state index in [1.165, 1.54) is 0 Å². The molecule has 148 valence electrons. The number of imidazole rings is 1.